The van der Waals surface area contributed by atoms with E-state index in [1.54, 1.807) is 24.8 Å². The number of imidazole rings is 1. The van der Waals surface area contributed by atoms with Crippen molar-refractivity contribution in [2.24, 2.45) is 0 Å². The summed E-state index contributed by atoms with van der Waals surface area (Å²) in [4.78, 5) is 14.7. The van der Waals surface area contributed by atoms with Gasteiger partial charge in [0.05, 0.1) is 30.7 Å². The molecule has 4 heterocycles. The molecule has 0 saturated heterocycles. The molecule has 1 unspecified atom stereocenters. The van der Waals surface area contributed by atoms with Crippen molar-refractivity contribution in [3.8, 4) is 17.2 Å². The molecule has 0 saturated carbocycles. The van der Waals surface area contributed by atoms with Gasteiger partial charge in [0.25, 0.3) is 0 Å². The lowest BCUT2D eigenvalue weighted by Crippen LogP contribution is -2.23. The molecule has 1 aliphatic heterocycles. The average Bonchev–Trinajstić information content (AvgIpc) is 3.28. The number of pyridine rings is 1. The Morgan fingerprint density at radius 1 is 1.27 bits per heavy atom. The summed E-state index contributed by atoms with van der Waals surface area (Å²) in [6.07, 6.45) is 3.40. The number of ether oxygens (including phenoxy) is 3. The molecule has 0 fully saturated rings. The lowest BCUT2D eigenvalue weighted by Gasteiger charge is -2.27. The first kappa shape index (κ1) is 19.6. The smallest absolute Gasteiger partial charge is 0.204 e. The summed E-state index contributed by atoms with van der Waals surface area (Å²) in [6, 6.07) is 5.99. The number of aromatic nitrogens is 4. The summed E-state index contributed by atoms with van der Waals surface area (Å²) in [5.41, 5.74) is 3.68. The Kier molecular flexibility index (Phi) is 5.02. The predicted molar refractivity (Wildman–Crippen MR) is 123 cm³/mol. The van der Waals surface area contributed by atoms with E-state index in [2.05, 4.69) is 44.5 Å². The van der Waals surface area contributed by atoms with Crippen LogP contribution in [-0.4, -0.2) is 33.2 Å². The Morgan fingerprint density at radius 3 is 2.90 bits per heavy atom. The van der Waals surface area contributed by atoms with E-state index >= 15 is 0 Å². The molecule has 1 atom stereocenters. The molecule has 9 heteroatoms. The Bertz CT molecular complexity index is 1240. The SMILES string of the molecule is COc1cc(Cn2cnc3cc(I)cnc32)cc2c1OC(c1nc(C)sc1C)CO2. The fourth-order valence-electron chi connectivity index (χ4n) is 3.65. The molecule has 0 radical (unpaired) electrons. The summed E-state index contributed by atoms with van der Waals surface area (Å²) in [6.45, 7) is 5.08. The summed E-state index contributed by atoms with van der Waals surface area (Å²) >= 11 is 3.91. The normalized spacial score (nSPS) is 15.5. The first-order chi connectivity index (χ1) is 14.5. The Balaban J connectivity index is 1.46. The molecule has 0 aliphatic carbocycles. The van der Waals surface area contributed by atoms with Gasteiger partial charge in [0.2, 0.25) is 5.75 Å². The number of halogens is 1. The molecule has 0 spiro atoms. The maximum absolute atomic E-state index is 6.27. The van der Waals surface area contributed by atoms with Crippen LogP contribution in [0.15, 0.2) is 30.7 Å². The number of hydrogen-bond donors (Lipinski definition) is 0. The second-order valence-electron chi connectivity index (χ2n) is 7.09. The van der Waals surface area contributed by atoms with Gasteiger partial charge in [0, 0.05) is 14.6 Å². The zero-order chi connectivity index (χ0) is 20.8. The lowest BCUT2D eigenvalue weighted by molar-refractivity contribution is 0.0840. The molecule has 0 amide bonds. The zero-order valence-electron chi connectivity index (χ0n) is 16.7. The van der Waals surface area contributed by atoms with Gasteiger partial charge in [-0.2, -0.15) is 0 Å². The minimum atomic E-state index is -0.244. The number of hydrogen-bond acceptors (Lipinski definition) is 7. The van der Waals surface area contributed by atoms with Crippen molar-refractivity contribution in [3.63, 3.8) is 0 Å². The van der Waals surface area contributed by atoms with Crippen LogP contribution in [0.3, 0.4) is 0 Å². The van der Waals surface area contributed by atoms with Crippen molar-refractivity contribution >= 4 is 45.1 Å². The summed E-state index contributed by atoms with van der Waals surface area (Å²) in [7, 11) is 1.64. The molecule has 154 valence electrons. The van der Waals surface area contributed by atoms with Gasteiger partial charge < -0.3 is 18.8 Å². The number of benzene rings is 1. The van der Waals surface area contributed by atoms with E-state index in [1.807, 2.05) is 35.9 Å². The highest BCUT2D eigenvalue weighted by Crippen LogP contribution is 2.45. The Labute approximate surface area is 191 Å². The second-order valence-corrected chi connectivity index (χ2v) is 9.74. The third kappa shape index (κ3) is 3.49. The van der Waals surface area contributed by atoms with E-state index in [4.69, 9.17) is 14.2 Å². The van der Waals surface area contributed by atoms with Crippen molar-refractivity contribution in [2.45, 2.75) is 26.5 Å². The summed E-state index contributed by atoms with van der Waals surface area (Å²) in [5.74, 6) is 1.94. The van der Waals surface area contributed by atoms with Gasteiger partial charge in [-0.1, -0.05) is 0 Å². The molecule has 7 nitrogen and oxygen atoms in total. The molecule has 0 bridgehead atoms. The number of methoxy groups -OCH3 is 1. The molecular formula is C21H19IN4O3S. The Morgan fingerprint density at radius 2 is 2.13 bits per heavy atom. The van der Waals surface area contributed by atoms with Gasteiger partial charge in [-0.05, 0) is 60.2 Å². The monoisotopic (exact) mass is 534 g/mol. The standard InChI is InChI=1S/C21H19IN4O3S/c1-11-19(25-12(2)30-11)18-9-28-17-5-13(4-16(27-3)20(17)29-18)8-26-10-24-15-6-14(22)7-23-21(15)26/h4-7,10,18H,8-9H2,1-3H3. The molecule has 30 heavy (non-hydrogen) atoms. The van der Waals surface area contributed by atoms with Gasteiger partial charge >= 0.3 is 0 Å². The molecular weight excluding hydrogens is 515 g/mol. The van der Waals surface area contributed by atoms with E-state index in [9.17, 15) is 0 Å². The first-order valence-electron chi connectivity index (χ1n) is 9.42. The van der Waals surface area contributed by atoms with E-state index < -0.39 is 0 Å². The van der Waals surface area contributed by atoms with Crippen molar-refractivity contribution < 1.29 is 14.2 Å². The third-order valence-electron chi connectivity index (χ3n) is 4.97. The van der Waals surface area contributed by atoms with E-state index in [1.165, 1.54) is 0 Å². The largest absolute Gasteiger partial charge is 0.493 e. The van der Waals surface area contributed by atoms with Crippen LogP contribution in [0.2, 0.25) is 0 Å². The van der Waals surface area contributed by atoms with Crippen LogP contribution in [0.25, 0.3) is 11.2 Å². The van der Waals surface area contributed by atoms with Crippen LogP contribution in [0.1, 0.15) is 27.2 Å². The van der Waals surface area contributed by atoms with E-state index in [-0.39, 0.29) is 6.10 Å². The van der Waals surface area contributed by atoms with Crippen molar-refractivity contribution in [3.05, 3.63) is 55.4 Å². The summed E-state index contributed by atoms with van der Waals surface area (Å²) < 4.78 is 21.1. The number of aryl methyl sites for hydroxylation is 2. The van der Waals surface area contributed by atoms with Crippen molar-refractivity contribution in [2.75, 3.05) is 13.7 Å². The molecule has 4 aromatic rings. The van der Waals surface area contributed by atoms with Crippen LogP contribution in [-0.2, 0) is 6.54 Å². The predicted octanol–water partition coefficient (Wildman–Crippen LogP) is 4.68. The molecule has 1 aliphatic rings. The maximum Gasteiger partial charge on any atom is 0.204 e. The van der Waals surface area contributed by atoms with Gasteiger partial charge in [0.1, 0.15) is 12.1 Å². The highest BCUT2D eigenvalue weighted by Gasteiger charge is 2.29. The third-order valence-corrected chi connectivity index (χ3v) is 6.46. The molecule has 3 aromatic heterocycles. The van der Waals surface area contributed by atoms with Crippen LogP contribution in [0, 0.1) is 17.4 Å². The minimum absolute atomic E-state index is 0.244. The Hall–Kier alpha value is -2.40. The second kappa shape index (κ2) is 7.69. The summed E-state index contributed by atoms with van der Waals surface area (Å²) in [5, 5.41) is 1.02. The fraction of sp³-hybridized carbons (Fsp3) is 0.286. The number of thiazole rings is 1. The lowest BCUT2D eigenvalue weighted by atomic mass is 10.1. The van der Waals surface area contributed by atoms with Crippen molar-refractivity contribution in [1.82, 2.24) is 19.5 Å². The van der Waals surface area contributed by atoms with Crippen LogP contribution >= 0.6 is 33.9 Å². The van der Waals surface area contributed by atoms with Gasteiger partial charge in [0.15, 0.2) is 23.3 Å². The maximum atomic E-state index is 6.27. The minimum Gasteiger partial charge on any atom is -0.493 e. The van der Waals surface area contributed by atoms with Gasteiger partial charge in [-0.25, -0.2) is 15.0 Å². The van der Waals surface area contributed by atoms with Gasteiger partial charge in [-0.15, -0.1) is 11.3 Å². The number of rotatable bonds is 4. The highest BCUT2D eigenvalue weighted by atomic mass is 127. The fourth-order valence-corrected chi connectivity index (χ4v) is 4.96. The molecule has 0 N–H and O–H groups in total. The van der Waals surface area contributed by atoms with E-state index in [0.717, 1.165) is 35.9 Å². The highest BCUT2D eigenvalue weighted by molar-refractivity contribution is 14.1. The van der Waals surface area contributed by atoms with Crippen LogP contribution in [0.4, 0.5) is 0 Å². The molecule has 5 rings (SSSR count). The van der Waals surface area contributed by atoms with E-state index in [0.29, 0.717) is 30.4 Å². The van der Waals surface area contributed by atoms with Crippen LogP contribution in [0.5, 0.6) is 17.2 Å². The van der Waals surface area contributed by atoms with Crippen LogP contribution < -0.4 is 14.2 Å². The van der Waals surface area contributed by atoms with Crippen molar-refractivity contribution in [1.29, 1.82) is 0 Å². The average molecular weight is 534 g/mol. The zero-order valence-corrected chi connectivity index (χ0v) is 19.7. The number of fused-ring (bicyclic) bond motifs is 2. The quantitative estimate of drug-likeness (QED) is 0.355. The topological polar surface area (TPSA) is 71.3 Å². The molecule has 1 aromatic carbocycles. The first-order valence-corrected chi connectivity index (χ1v) is 11.3. The number of nitrogens with zero attached hydrogens (tertiary/aromatic N) is 4. The van der Waals surface area contributed by atoms with Gasteiger partial charge in [-0.3, -0.25) is 0 Å².